The highest BCUT2D eigenvalue weighted by Crippen LogP contribution is 2.25. The first-order valence-corrected chi connectivity index (χ1v) is 9.68. The molecule has 3 heteroatoms. The Kier molecular flexibility index (Phi) is 5.73. The van der Waals surface area contributed by atoms with Crippen LogP contribution in [-0.2, 0) is 13.1 Å². The number of likely N-dealkylation sites (tertiary alicyclic amines) is 1. The van der Waals surface area contributed by atoms with Crippen LogP contribution in [-0.4, -0.2) is 24.0 Å². The van der Waals surface area contributed by atoms with Gasteiger partial charge < -0.3 is 5.32 Å². The lowest BCUT2D eigenvalue weighted by Gasteiger charge is -2.19. The molecule has 0 amide bonds. The number of hydrogen-bond acceptors (Lipinski definition) is 3. The van der Waals surface area contributed by atoms with Crippen molar-refractivity contribution in [3.8, 4) is 0 Å². The zero-order chi connectivity index (χ0) is 14.5. The second-order valence-corrected chi connectivity index (χ2v) is 8.14. The van der Waals surface area contributed by atoms with Crippen LogP contribution in [0.5, 0.6) is 0 Å². The van der Waals surface area contributed by atoms with Gasteiger partial charge in [-0.15, -0.1) is 11.3 Å². The fourth-order valence-corrected chi connectivity index (χ4v) is 4.45. The van der Waals surface area contributed by atoms with Crippen molar-refractivity contribution in [3.05, 3.63) is 21.9 Å². The molecule has 0 aromatic carbocycles. The molecule has 1 N–H and O–H groups in total. The highest BCUT2D eigenvalue weighted by atomic mass is 32.1. The second-order valence-electron chi connectivity index (χ2n) is 6.88. The van der Waals surface area contributed by atoms with Crippen LogP contribution in [0.4, 0.5) is 0 Å². The summed E-state index contributed by atoms with van der Waals surface area (Å²) in [6, 6.07) is 5.49. The molecule has 1 aliphatic heterocycles. The number of nitrogens with one attached hydrogen (secondary N) is 1. The summed E-state index contributed by atoms with van der Waals surface area (Å²) in [6.45, 7) is 7.18. The second kappa shape index (κ2) is 7.75. The maximum absolute atomic E-state index is 3.62. The standard InChI is InChI=1S/C18H30N2S/c1-2-4-15-5-3-11-20(12-10-15)14-18-9-8-17(21-18)13-19-16-6-7-16/h8-9,15-16,19H,2-7,10-14H2,1H3. The monoisotopic (exact) mass is 306 g/mol. The molecule has 1 unspecified atom stereocenters. The first-order valence-electron chi connectivity index (χ1n) is 8.87. The highest BCUT2D eigenvalue weighted by molar-refractivity contribution is 7.11. The Labute approximate surface area is 133 Å². The van der Waals surface area contributed by atoms with Crippen LogP contribution in [0.25, 0.3) is 0 Å². The molecule has 2 heterocycles. The zero-order valence-electron chi connectivity index (χ0n) is 13.4. The molecule has 1 aromatic rings. The summed E-state index contributed by atoms with van der Waals surface area (Å²) in [6.07, 6.45) is 9.80. The number of hydrogen-bond donors (Lipinski definition) is 1. The third-order valence-electron chi connectivity index (χ3n) is 4.88. The van der Waals surface area contributed by atoms with E-state index in [4.69, 9.17) is 0 Å². The molecule has 1 saturated heterocycles. The Bertz CT molecular complexity index is 425. The largest absolute Gasteiger partial charge is 0.309 e. The first-order chi connectivity index (χ1) is 10.3. The van der Waals surface area contributed by atoms with Gasteiger partial charge in [0.15, 0.2) is 0 Å². The van der Waals surface area contributed by atoms with Crippen LogP contribution in [0.15, 0.2) is 12.1 Å². The summed E-state index contributed by atoms with van der Waals surface area (Å²) in [7, 11) is 0. The van der Waals surface area contributed by atoms with Crippen molar-refractivity contribution < 1.29 is 0 Å². The van der Waals surface area contributed by atoms with Crippen LogP contribution >= 0.6 is 11.3 Å². The smallest absolute Gasteiger partial charge is 0.0328 e. The van der Waals surface area contributed by atoms with E-state index in [1.165, 1.54) is 69.5 Å². The van der Waals surface area contributed by atoms with Gasteiger partial charge in [-0.1, -0.05) is 19.8 Å². The molecule has 21 heavy (non-hydrogen) atoms. The molecule has 118 valence electrons. The minimum absolute atomic E-state index is 0.816. The van der Waals surface area contributed by atoms with Crippen molar-refractivity contribution in [2.24, 2.45) is 5.92 Å². The molecule has 1 aliphatic carbocycles. The number of nitrogens with zero attached hydrogens (tertiary/aromatic N) is 1. The summed E-state index contributed by atoms with van der Waals surface area (Å²) in [5.41, 5.74) is 0. The van der Waals surface area contributed by atoms with Gasteiger partial charge >= 0.3 is 0 Å². The highest BCUT2D eigenvalue weighted by Gasteiger charge is 2.20. The van der Waals surface area contributed by atoms with E-state index in [1.807, 2.05) is 11.3 Å². The van der Waals surface area contributed by atoms with Gasteiger partial charge in [-0.2, -0.15) is 0 Å². The lowest BCUT2D eigenvalue weighted by atomic mass is 9.96. The van der Waals surface area contributed by atoms with E-state index in [2.05, 4.69) is 29.3 Å². The molecule has 2 fully saturated rings. The van der Waals surface area contributed by atoms with Gasteiger partial charge in [0, 0.05) is 28.9 Å². The van der Waals surface area contributed by atoms with Crippen LogP contribution in [0.3, 0.4) is 0 Å². The lowest BCUT2D eigenvalue weighted by Crippen LogP contribution is -2.23. The molecule has 2 nitrogen and oxygen atoms in total. The van der Waals surface area contributed by atoms with E-state index in [0.29, 0.717) is 0 Å². The van der Waals surface area contributed by atoms with Crippen molar-refractivity contribution >= 4 is 11.3 Å². The average molecular weight is 307 g/mol. The van der Waals surface area contributed by atoms with E-state index >= 15 is 0 Å². The van der Waals surface area contributed by atoms with Gasteiger partial charge in [0.05, 0.1) is 0 Å². The Balaban J connectivity index is 1.44. The van der Waals surface area contributed by atoms with Crippen LogP contribution in [0, 0.1) is 5.92 Å². The van der Waals surface area contributed by atoms with Gasteiger partial charge in [0.25, 0.3) is 0 Å². The summed E-state index contributed by atoms with van der Waals surface area (Å²) < 4.78 is 0. The van der Waals surface area contributed by atoms with Gasteiger partial charge in [-0.05, 0) is 63.2 Å². The van der Waals surface area contributed by atoms with Gasteiger partial charge in [0.1, 0.15) is 0 Å². The van der Waals surface area contributed by atoms with Crippen LogP contribution < -0.4 is 5.32 Å². The van der Waals surface area contributed by atoms with Crippen LogP contribution in [0.2, 0.25) is 0 Å². The normalized spacial score (nSPS) is 24.1. The van der Waals surface area contributed by atoms with E-state index in [-0.39, 0.29) is 0 Å². The summed E-state index contributed by atoms with van der Waals surface area (Å²) >= 11 is 2.01. The Morgan fingerprint density at radius 3 is 2.81 bits per heavy atom. The van der Waals surface area contributed by atoms with Crippen molar-refractivity contribution in [2.75, 3.05) is 13.1 Å². The molecule has 0 radical (unpaired) electrons. The average Bonchev–Trinajstić information content (AvgIpc) is 3.24. The quantitative estimate of drug-likeness (QED) is 0.803. The summed E-state index contributed by atoms with van der Waals surface area (Å²) in [5, 5.41) is 3.62. The molecule has 3 rings (SSSR count). The molecular formula is C18H30N2S. The molecule has 1 saturated carbocycles. The maximum Gasteiger partial charge on any atom is 0.0328 e. The summed E-state index contributed by atoms with van der Waals surface area (Å²) in [5.74, 6) is 0.988. The first kappa shape index (κ1) is 15.5. The molecule has 2 aliphatic rings. The van der Waals surface area contributed by atoms with E-state index in [1.54, 1.807) is 4.88 Å². The van der Waals surface area contributed by atoms with Crippen molar-refractivity contribution in [1.29, 1.82) is 0 Å². The van der Waals surface area contributed by atoms with E-state index < -0.39 is 0 Å². The lowest BCUT2D eigenvalue weighted by molar-refractivity contribution is 0.273. The van der Waals surface area contributed by atoms with Crippen molar-refractivity contribution in [1.82, 2.24) is 10.2 Å². The summed E-state index contributed by atoms with van der Waals surface area (Å²) in [4.78, 5) is 5.74. The topological polar surface area (TPSA) is 15.3 Å². The molecular weight excluding hydrogens is 276 g/mol. The van der Waals surface area contributed by atoms with Crippen molar-refractivity contribution in [3.63, 3.8) is 0 Å². The van der Waals surface area contributed by atoms with Crippen LogP contribution in [0.1, 0.15) is 61.6 Å². The SMILES string of the molecule is CCCC1CCCN(Cc2ccc(CNC3CC3)s2)CC1. The predicted molar refractivity (Wildman–Crippen MR) is 91.7 cm³/mol. The zero-order valence-corrected chi connectivity index (χ0v) is 14.3. The van der Waals surface area contributed by atoms with Gasteiger partial charge in [-0.25, -0.2) is 0 Å². The third-order valence-corrected chi connectivity index (χ3v) is 5.95. The van der Waals surface area contributed by atoms with E-state index in [9.17, 15) is 0 Å². The Morgan fingerprint density at radius 1 is 1.14 bits per heavy atom. The molecule has 0 bridgehead atoms. The molecule has 0 spiro atoms. The Hall–Kier alpha value is -0.380. The van der Waals surface area contributed by atoms with Gasteiger partial charge in [-0.3, -0.25) is 4.90 Å². The van der Waals surface area contributed by atoms with Gasteiger partial charge in [0.2, 0.25) is 0 Å². The number of rotatable bonds is 7. The maximum atomic E-state index is 3.62. The van der Waals surface area contributed by atoms with Crippen molar-refractivity contribution in [2.45, 2.75) is 71.0 Å². The predicted octanol–water partition coefficient (Wildman–Crippen LogP) is 4.40. The Morgan fingerprint density at radius 2 is 2.00 bits per heavy atom. The van der Waals surface area contributed by atoms with E-state index in [0.717, 1.165) is 18.5 Å². The fraction of sp³-hybridized carbons (Fsp3) is 0.778. The fourth-order valence-electron chi connectivity index (χ4n) is 3.43. The number of thiophene rings is 1. The third kappa shape index (κ3) is 5.08. The molecule has 1 aromatic heterocycles. The minimum Gasteiger partial charge on any atom is -0.309 e. The minimum atomic E-state index is 0.816. The molecule has 1 atom stereocenters.